The Morgan fingerprint density at radius 1 is 1.12 bits per heavy atom. The van der Waals surface area contributed by atoms with Crippen LogP contribution in [0.5, 0.6) is 0 Å². The van der Waals surface area contributed by atoms with Gasteiger partial charge in [0.15, 0.2) is 11.5 Å². The summed E-state index contributed by atoms with van der Waals surface area (Å²) in [7, 11) is 0. The Morgan fingerprint density at radius 2 is 1.82 bits per heavy atom. The largest absolute Gasteiger partial charge is 0.436 e. The van der Waals surface area contributed by atoms with Crippen molar-refractivity contribution in [1.82, 2.24) is 4.57 Å². The lowest BCUT2D eigenvalue weighted by Gasteiger charge is -2.31. The smallest absolute Gasteiger partial charge is 0.255 e. The normalized spacial score (nSPS) is 17.2. The number of nitrogens with zero attached hydrogens (tertiary/aromatic N) is 2. The van der Waals surface area contributed by atoms with Crippen LogP contribution in [0.3, 0.4) is 0 Å². The summed E-state index contributed by atoms with van der Waals surface area (Å²) in [6, 6.07) is 14.9. The van der Waals surface area contributed by atoms with E-state index in [1.807, 2.05) is 6.07 Å². The molecule has 0 saturated heterocycles. The van der Waals surface area contributed by atoms with Crippen molar-refractivity contribution >= 4 is 34.1 Å². The molecule has 3 aromatic rings. The van der Waals surface area contributed by atoms with E-state index < -0.39 is 23.0 Å². The molecule has 0 saturated carbocycles. The zero-order valence-electron chi connectivity index (χ0n) is 17.7. The summed E-state index contributed by atoms with van der Waals surface area (Å²) in [5.41, 5.74) is 6.42. The predicted octanol–water partition coefficient (Wildman–Crippen LogP) is 3.98. The van der Waals surface area contributed by atoms with Gasteiger partial charge in [0.05, 0.1) is 17.0 Å². The number of halogens is 1. The molecule has 1 aliphatic carbocycles. The van der Waals surface area contributed by atoms with Crippen molar-refractivity contribution in [3.05, 3.63) is 116 Å². The molecule has 0 fully saturated rings. The first kappa shape index (κ1) is 21.4. The Morgan fingerprint density at radius 3 is 2.50 bits per heavy atom. The van der Waals surface area contributed by atoms with Crippen molar-refractivity contribution < 1.29 is 14.3 Å². The number of carbonyl (C=O) groups is 2. The fourth-order valence-corrected chi connectivity index (χ4v) is 4.70. The van der Waals surface area contributed by atoms with Gasteiger partial charge >= 0.3 is 0 Å². The van der Waals surface area contributed by atoms with Crippen LogP contribution >= 0.6 is 11.6 Å². The molecule has 1 aliphatic heterocycles. The minimum absolute atomic E-state index is 0.0851. The molecular weight excluding hydrogens is 454 g/mol. The number of carbonyl (C=O) groups excluding carboxylic acids is 2. The molecule has 1 aromatic heterocycles. The van der Waals surface area contributed by atoms with Crippen LogP contribution in [0, 0.1) is 11.3 Å². The fourth-order valence-electron chi connectivity index (χ4n) is 4.52. The molecule has 166 valence electrons. The number of nitrogens with two attached hydrogens (primary N) is 1. The van der Waals surface area contributed by atoms with Crippen LogP contribution in [0.1, 0.15) is 32.2 Å². The third-order valence-corrected chi connectivity index (χ3v) is 6.23. The lowest BCUT2D eigenvalue weighted by molar-refractivity contribution is 0.0897. The molecule has 1 atom stereocenters. The number of fused-ring (bicyclic) bond motifs is 2. The predicted molar refractivity (Wildman–Crippen MR) is 126 cm³/mol. The van der Waals surface area contributed by atoms with E-state index in [9.17, 15) is 19.6 Å². The maximum absolute atomic E-state index is 13.7. The van der Waals surface area contributed by atoms with E-state index in [0.717, 1.165) is 0 Å². The van der Waals surface area contributed by atoms with Gasteiger partial charge in [0.25, 0.3) is 5.56 Å². The molecule has 0 radical (unpaired) electrons. The van der Waals surface area contributed by atoms with Crippen LogP contribution in [0.2, 0.25) is 5.02 Å². The first-order chi connectivity index (χ1) is 16.4. The molecule has 8 heteroatoms. The molecule has 2 heterocycles. The number of ether oxygens (including phenoxy) is 1. The van der Waals surface area contributed by atoms with Crippen LogP contribution in [0.25, 0.3) is 10.9 Å². The topological polar surface area (TPSA) is 115 Å². The molecule has 0 amide bonds. The summed E-state index contributed by atoms with van der Waals surface area (Å²) >= 11 is 6.20. The Kier molecular flexibility index (Phi) is 4.96. The molecule has 0 bridgehead atoms. The number of rotatable bonds is 3. The Hall–Kier alpha value is -4.41. The summed E-state index contributed by atoms with van der Waals surface area (Å²) in [5, 5.41) is 11.0. The summed E-state index contributed by atoms with van der Waals surface area (Å²) in [4.78, 5) is 40.5. The second-order valence-corrected chi connectivity index (χ2v) is 8.32. The first-order valence-corrected chi connectivity index (χ1v) is 10.7. The zero-order chi connectivity index (χ0) is 24.1. The van der Waals surface area contributed by atoms with Crippen molar-refractivity contribution in [3.63, 3.8) is 0 Å². The number of ketones is 2. The van der Waals surface area contributed by atoms with Gasteiger partial charge in [-0.1, -0.05) is 41.9 Å². The standard InChI is InChI=1S/C26H16ClN3O4/c1-2-9-30-19-8-7-14(27)10-13(19)11-17(26(30)33)20-18(12-28)25(29)34-24-21(20)22(31)15-5-3-4-6-16(15)23(24)32/h2-8,10-11,20H,1,9,29H2. The summed E-state index contributed by atoms with van der Waals surface area (Å²) in [5.74, 6) is -2.83. The van der Waals surface area contributed by atoms with E-state index >= 15 is 0 Å². The minimum atomic E-state index is -1.19. The molecular formula is C26H16ClN3O4. The van der Waals surface area contributed by atoms with Gasteiger partial charge in [-0.3, -0.25) is 14.4 Å². The molecule has 2 N–H and O–H groups in total. The first-order valence-electron chi connectivity index (χ1n) is 10.3. The minimum Gasteiger partial charge on any atom is -0.436 e. The summed E-state index contributed by atoms with van der Waals surface area (Å²) in [6.45, 7) is 3.90. The monoisotopic (exact) mass is 469 g/mol. The lowest BCUT2D eigenvalue weighted by Crippen LogP contribution is -2.35. The van der Waals surface area contributed by atoms with Gasteiger partial charge in [-0.15, -0.1) is 6.58 Å². The molecule has 7 nitrogen and oxygen atoms in total. The van der Waals surface area contributed by atoms with E-state index in [0.29, 0.717) is 15.9 Å². The highest BCUT2D eigenvalue weighted by atomic mass is 35.5. The van der Waals surface area contributed by atoms with Gasteiger partial charge in [0, 0.05) is 33.6 Å². The van der Waals surface area contributed by atoms with Gasteiger partial charge in [-0.05, 0) is 24.3 Å². The van der Waals surface area contributed by atoms with Crippen molar-refractivity contribution in [3.8, 4) is 6.07 Å². The maximum atomic E-state index is 13.7. The van der Waals surface area contributed by atoms with Crippen LogP contribution < -0.4 is 11.3 Å². The molecule has 0 spiro atoms. The Labute approximate surface area is 198 Å². The van der Waals surface area contributed by atoms with Crippen molar-refractivity contribution in [1.29, 1.82) is 5.26 Å². The van der Waals surface area contributed by atoms with Crippen LogP contribution in [-0.2, 0) is 11.3 Å². The number of nitriles is 1. The lowest BCUT2D eigenvalue weighted by atomic mass is 9.75. The van der Waals surface area contributed by atoms with Gasteiger partial charge in [0.1, 0.15) is 11.6 Å². The van der Waals surface area contributed by atoms with Gasteiger partial charge in [-0.25, -0.2) is 0 Å². The van der Waals surface area contributed by atoms with E-state index in [4.69, 9.17) is 22.1 Å². The van der Waals surface area contributed by atoms with E-state index in [-0.39, 0.29) is 46.0 Å². The molecule has 1 unspecified atom stereocenters. The molecule has 2 aliphatic rings. The maximum Gasteiger partial charge on any atom is 0.255 e. The summed E-state index contributed by atoms with van der Waals surface area (Å²) in [6.07, 6.45) is 1.56. The van der Waals surface area contributed by atoms with Gasteiger partial charge < -0.3 is 15.0 Å². The Bertz CT molecular complexity index is 1620. The van der Waals surface area contributed by atoms with E-state index in [1.54, 1.807) is 42.5 Å². The van der Waals surface area contributed by atoms with Crippen molar-refractivity contribution in [2.75, 3.05) is 0 Å². The SMILES string of the molecule is C=CCn1c(=O)c(C2C(C#N)=C(N)OC3=C2C(=O)c2ccccc2C3=O)cc2cc(Cl)ccc21. The van der Waals surface area contributed by atoms with Crippen LogP contribution in [0.15, 0.2) is 88.8 Å². The fraction of sp³-hybridized carbons (Fsp3) is 0.0769. The Balaban J connectivity index is 1.86. The zero-order valence-corrected chi connectivity index (χ0v) is 18.4. The number of hydrogen-bond donors (Lipinski definition) is 1. The molecule has 5 rings (SSSR count). The average Bonchev–Trinajstić information content (AvgIpc) is 2.83. The van der Waals surface area contributed by atoms with Crippen molar-refractivity contribution in [2.45, 2.75) is 12.5 Å². The number of benzene rings is 2. The third kappa shape index (κ3) is 3.00. The highest BCUT2D eigenvalue weighted by molar-refractivity contribution is 6.31. The molecule has 2 aromatic carbocycles. The van der Waals surface area contributed by atoms with Crippen molar-refractivity contribution in [2.24, 2.45) is 5.73 Å². The number of aromatic nitrogens is 1. The highest BCUT2D eigenvalue weighted by Gasteiger charge is 2.44. The quantitative estimate of drug-likeness (QED) is 0.580. The second kappa shape index (κ2) is 7.87. The highest BCUT2D eigenvalue weighted by Crippen LogP contribution is 2.43. The number of pyridine rings is 1. The number of Topliss-reactive ketones (excluding diaryl/α,β-unsaturated/α-hetero) is 2. The average molecular weight is 470 g/mol. The van der Waals surface area contributed by atoms with Crippen LogP contribution in [0.4, 0.5) is 0 Å². The molecule has 34 heavy (non-hydrogen) atoms. The number of hydrogen-bond acceptors (Lipinski definition) is 6. The number of allylic oxidation sites excluding steroid dienone is 4. The van der Waals surface area contributed by atoms with E-state index in [2.05, 4.69) is 6.58 Å². The second-order valence-electron chi connectivity index (χ2n) is 7.88. The summed E-state index contributed by atoms with van der Waals surface area (Å²) < 4.78 is 6.98. The van der Waals surface area contributed by atoms with Gasteiger partial charge in [-0.2, -0.15) is 5.26 Å². The van der Waals surface area contributed by atoms with Crippen LogP contribution in [-0.4, -0.2) is 16.1 Å². The third-order valence-electron chi connectivity index (χ3n) is 5.99. The van der Waals surface area contributed by atoms with E-state index in [1.165, 1.54) is 16.7 Å². The van der Waals surface area contributed by atoms with Gasteiger partial charge in [0.2, 0.25) is 11.7 Å².